The number of anilines is 1. The fourth-order valence-corrected chi connectivity index (χ4v) is 3.66. The molecule has 0 amide bonds. The van der Waals surface area contributed by atoms with E-state index < -0.39 is 5.95 Å². The van der Waals surface area contributed by atoms with Crippen molar-refractivity contribution in [2.45, 2.75) is 51.5 Å². The van der Waals surface area contributed by atoms with Gasteiger partial charge in [-0.1, -0.05) is 31.9 Å². The molecule has 2 aromatic rings. The summed E-state index contributed by atoms with van der Waals surface area (Å²) in [5.41, 5.74) is 3.44. The molecule has 0 N–H and O–H groups in total. The fraction of sp³-hybridized carbons (Fsp3) is 0.429. The summed E-state index contributed by atoms with van der Waals surface area (Å²) in [5, 5.41) is 9.25. The minimum Gasteiger partial charge on any atom is -0.366 e. The van der Waals surface area contributed by atoms with Gasteiger partial charge < -0.3 is 4.90 Å². The van der Waals surface area contributed by atoms with E-state index in [1.54, 1.807) is 0 Å². The Kier molecular flexibility index (Phi) is 5.65. The second-order valence-electron chi connectivity index (χ2n) is 6.73. The van der Waals surface area contributed by atoms with E-state index in [0.29, 0.717) is 23.7 Å². The van der Waals surface area contributed by atoms with Gasteiger partial charge in [0.05, 0.1) is 17.8 Å². The van der Waals surface area contributed by atoms with Crippen molar-refractivity contribution in [3.63, 3.8) is 0 Å². The van der Waals surface area contributed by atoms with Gasteiger partial charge in [-0.15, -0.1) is 0 Å². The van der Waals surface area contributed by atoms with E-state index in [9.17, 15) is 9.65 Å². The first-order valence-electron chi connectivity index (χ1n) is 9.11. The summed E-state index contributed by atoms with van der Waals surface area (Å²) in [6, 6.07) is 13.6. The van der Waals surface area contributed by atoms with Crippen LogP contribution < -0.4 is 4.90 Å². The van der Waals surface area contributed by atoms with Crippen molar-refractivity contribution in [1.29, 1.82) is 5.26 Å². The lowest BCUT2D eigenvalue weighted by Gasteiger charge is -2.25. The predicted molar refractivity (Wildman–Crippen MR) is 97.9 cm³/mol. The van der Waals surface area contributed by atoms with E-state index in [1.165, 1.54) is 43.4 Å². The molecule has 1 aliphatic rings. The number of nitrogens with zero attached hydrogens (tertiary/aromatic N) is 3. The molecule has 0 atom stereocenters. The molecule has 0 unspecified atom stereocenters. The van der Waals surface area contributed by atoms with Crippen molar-refractivity contribution < 1.29 is 4.39 Å². The SMILES string of the molecule is CCCN(Cc1nc(F)ccc1C#N)c1ccc(C2CCCC2)cc1. The van der Waals surface area contributed by atoms with Gasteiger partial charge in [-0.25, -0.2) is 4.98 Å². The van der Waals surface area contributed by atoms with Crippen LogP contribution in [0.2, 0.25) is 0 Å². The molecule has 0 aliphatic heterocycles. The van der Waals surface area contributed by atoms with Crippen molar-refractivity contribution in [3.05, 3.63) is 59.2 Å². The van der Waals surface area contributed by atoms with Crippen molar-refractivity contribution in [2.75, 3.05) is 11.4 Å². The van der Waals surface area contributed by atoms with Crippen LogP contribution in [0.15, 0.2) is 36.4 Å². The van der Waals surface area contributed by atoms with Gasteiger partial charge in [0.1, 0.15) is 6.07 Å². The monoisotopic (exact) mass is 337 g/mol. The maximum absolute atomic E-state index is 13.5. The Bertz CT molecular complexity index is 743. The molecule has 3 rings (SSSR count). The predicted octanol–water partition coefficient (Wildman–Crippen LogP) is 5.17. The molecule has 3 nitrogen and oxygen atoms in total. The van der Waals surface area contributed by atoms with E-state index in [2.05, 4.69) is 47.1 Å². The van der Waals surface area contributed by atoms with Gasteiger partial charge in [0.25, 0.3) is 0 Å². The molecule has 25 heavy (non-hydrogen) atoms. The average Bonchev–Trinajstić information content (AvgIpc) is 3.16. The number of pyridine rings is 1. The van der Waals surface area contributed by atoms with Crippen molar-refractivity contribution in [1.82, 2.24) is 4.98 Å². The van der Waals surface area contributed by atoms with E-state index in [1.807, 2.05) is 0 Å². The van der Waals surface area contributed by atoms with Crippen LogP contribution >= 0.6 is 0 Å². The first kappa shape index (κ1) is 17.4. The van der Waals surface area contributed by atoms with Gasteiger partial charge in [-0.2, -0.15) is 9.65 Å². The molecular weight excluding hydrogens is 313 g/mol. The molecule has 130 valence electrons. The zero-order chi connectivity index (χ0) is 17.6. The van der Waals surface area contributed by atoms with E-state index in [0.717, 1.165) is 18.7 Å². The van der Waals surface area contributed by atoms with Gasteiger partial charge in [0, 0.05) is 12.2 Å². The van der Waals surface area contributed by atoms with Crippen LogP contribution in [0.5, 0.6) is 0 Å². The highest BCUT2D eigenvalue weighted by atomic mass is 19.1. The minimum atomic E-state index is -0.540. The maximum Gasteiger partial charge on any atom is 0.213 e. The number of aromatic nitrogens is 1. The molecule has 0 saturated heterocycles. The number of hydrogen-bond acceptors (Lipinski definition) is 3. The number of benzene rings is 1. The molecule has 1 aliphatic carbocycles. The highest BCUT2D eigenvalue weighted by molar-refractivity contribution is 5.49. The number of halogens is 1. The van der Waals surface area contributed by atoms with Crippen LogP contribution in [0.3, 0.4) is 0 Å². The fourth-order valence-electron chi connectivity index (χ4n) is 3.66. The lowest BCUT2D eigenvalue weighted by atomic mass is 9.97. The zero-order valence-corrected chi connectivity index (χ0v) is 14.7. The van der Waals surface area contributed by atoms with Crippen molar-refractivity contribution >= 4 is 5.69 Å². The third-order valence-electron chi connectivity index (χ3n) is 4.98. The molecule has 0 radical (unpaired) electrons. The Morgan fingerprint density at radius 2 is 1.88 bits per heavy atom. The molecule has 4 heteroatoms. The lowest BCUT2D eigenvalue weighted by molar-refractivity contribution is 0.573. The van der Waals surface area contributed by atoms with Crippen LogP contribution in [0.1, 0.15) is 61.8 Å². The summed E-state index contributed by atoms with van der Waals surface area (Å²) < 4.78 is 13.5. The quantitative estimate of drug-likeness (QED) is 0.683. The van der Waals surface area contributed by atoms with Gasteiger partial charge >= 0.3 is 0 Å². The molecular formula is C21H24FN3. The van der Waals surface area contributed by atoms with Gasteiger partial charge in [0.15, 0.2) is 0 Å². The molecule has 1 fully saturated rings. The number of hydrogen-bond donors (Lipinski definition) is 0. The first-order valence-corrected chi connectivity index (χ1v) is 9.11. The van der Waals surface area contributed by atoms with Gasteiger partial charge in [-0.05, 0) is 55.0 Å². The van der Waals surface area contributed by atoms with E-state index in [-0.39, 0.29) is 0 Å². The van der Waals surface area contributed by atoms with Crippen LogP contribution in [-0.4, -0.2) is 11.5 Å². The molecule has 1 saturated carbocycles. The first-order chi connectivity index (χ1) is 12.2. The van der Waals surface area contributed by atoms with Crippen molar-refractivity contribution in [2.24, 2.45) is 0 Å². The molecule has 1 aromatic carbocycles. The standard InChI is InChI=1S/C21H24FN3/c1-2-13-25(15-20-18(14-23)9-12-21(22)24-20)19-10-7-17(8-11-19)16-5-3-4-6-16/h7-12,16H,2-6,13,15H2,1H3. The van der Waals surface area contributed by atoms with Crippen LogP contribution in [0.4, 0.5) is 10.1 Å². The molecule has 0 spiro atoms. The second-order valence-corrected chi connectivity index (χ2v) is 6.73. The summed E-state index contributed by atoms with van der Waals surface area (Å²) in [6.45, 7) is 3.40. The summed E-state index contributed by atoms with van der Waals surface area (Å²) in [5.74, 6) is 0.158. The number of nitriles is 1. The average molecular weight is 337 g/mol. The Labute approximate surface area is 149 Å². The summed E-state index contributed by atoms with van der Waals surface area (Å²) >= 11 is 0. The lowest BCUT2D eigenvalue weighted by Crippen LogP contribution is -2.24. The summed E-state index contributed by atoms with van der Waals surface area (Å²) in [7, 11) is 0. The highest BCUT2D eigenvalue weighted by Gasteiger charge is 2.17. The van der Waals surface area contributed by atoms with Gasteiger partial charge in [-0.3, -0.25) is 0 Å². The normalized spacial score (nSPS) is 14.4. The second kappa shape index (κ2) is 8.11. The maximum atomic E-state index is 13.5. The largest absolute Gasteiger partial charge is 0.366 e. The Morgan fingerprint density at radius 1 is 1.16 bits per heavy atom. The molecule has 1 heterocycles. The summed E-state index contributed by atoms with van der Waals surface area (Å²) in [6.07, 6.45) is 6.21. The zero-order valence-electron chi connectivity index (χ0n) is 14.7. The minimum absolute atomic E-state index is 0.435. The van der Waals surface area contributed by atoms with Crippen molar-refractivity contribution in [3.8, 4) is 6.07 Å². The van der Waals surface area contributed by atoms with Crippen LogP contribution in [0.25, 0.3) is 0 Å². The molecule has 1 aromatic heterocycles. The smallest absolute Gasteiger partial charge is 0.213 e. The Morgan fingerprint density at radius 3 is 2.52 bits per heavy atom. The highest BCUT2D eigenvalue weighted by Crippen LogP contribution is 2.34. The molecule has 0 bridgehead atoms. The van der Waals surface area contributed by atoms with Crippen LogP contribution in [0, 0.1) is 17.3 Å². The summed E-state index contributed by atoms with van der Waals surface area (Å²) in [4.78, 5) is 6.11. The number of rotatable bonds is 6. The third-order valence-corrected chi connectivity index (χ3v) is 4.98. The Hall–Kier alpha value is -2.41. The van der Waals surface area contributed by atoms with Crippen LogP contribution in [-0.2, 0) is 6.54 Å². The van der Waals surface area contributed by atoms with Gasteiger partial charge in [0.2, 0.25) is 5.95 Å². The van der Waals surface area contributed by atoms with E-state index in [4.69, 9.17) is 0 Å². The van der Waals surface area contributed by atoms with E-state index >= 15 is 0 Å². The Balaban J connectivity index is 1.81. The topological polar surface area (TPSA) is 39.9 Å². The third kappa shape index (κ3) is 4.17.